The quantitative estimate of drug-likeness (QED) is 0.851. The topological polar surface area (TPSA) is 90.0 Å². The second-order valence-corrected chi connectivity index (χ2v) is 5.48. The Bertz CT molecular complexity index is 649. The maximum atomic E-state index is 11.2. The molecule has 0 aliphatic carbocycles. The summed E-state index contributed by atoms with van der Waals surface area (Å²) in [6.45, 7) is 0.560. The van der Waals surface area contributed by atoms with Gasteiger partial charge >= 0.3 is 0 Å². The van der Waals surface area contributed by atoms with Gasteiger partial charge in [-0.3, -0.25) is 0 Å². The lowest BCUT2D eigenvalue weighted by Crippen LogP contribution is -2.12. The van der Waals surface area contributed by atoms with Gasteiger partial charge in [0.15, 0.2) is 0 Å². The summed E-state index contributed by atoms with van der Waals surface area (Å²) >= 11 is 0. The van der Waals surface area contributed by atoms with E-state index in [0.29, 0.717) is 12.2 Å². The summed E-state index contributed by atoms with van der Waals surface area (Å²) in [5.41, 5.74) is 1.69. The van der Waals surface area contributed by atoms with Gasteiger partial charge in [-0.15, -0.1) is 0 Å². The first-order valence-corrected chi connectivity index (χ1v) is 6.83. The molecule has 0 radical (unpaired) electrons. The van der Waals surface area contributed by atoms with E-state index in [4.69, 9.17) is 5.14 Å². The van der Waals surface area contributed by atoms with Crippen LogP contribution in [0.2, 0.25) is 0 Å². The van der Waals surface area contributed by atoms with Gasteiger partial charge in [-0.25, -0.2) is 18.5 Å². The van der Waals surface area contributed by atoms with Crippen LogP contribution in [0.15, 0.2) is 41.7 Å². The van der Waals surface area contributed by atoms with Gasteiger partial charge in [-0.2, -0.15) is 0 Å². The van der Waals surface area contributed by atoms with Crippen molar-refractivity contribution in [3.8, 4) is 0 Å². The van der Waals surface area contributed by atoms with E-state index in [0.717, 1.165) is 5.69 Å². The summed E-state index contributed by atoms with van der Waals surface area (Å²) < 4.78 is 24.3. The maximum absolute atomic E-state index is 11.2. The zero-order chi connectivity index (χ0) is 13.2. The predicted octanol–water partition coefficient (Wildman–Crippen LogP) is 0.680. The highest BCUT2D eigenvalue weighted by Crippen LogP contribution is 2.14. The third-order valence-electron chi connectivity index (χ3n) is 2.55. The molecule has 6 nitrogen and oxygen atoms in total. The van der Waals surface area contributed by atoms with E-state index in [2.05, 4.69) is 10.3 Å². The Morgan fingerprint density at radius 3 is 2.83 bits per heavy atom. The molecule has 3 N–H and O–H groups in total. The van der Waals surface area contributed by atoms with Crippen molar-refractivity contribution in [1.82, 2.24) is 9.55 Å². The van der Waals surface area contributed by atoms with Crippen molar-refractivity contribution >= 4 is 15.7 Å². The number of anilines is 1. The Kier molecular flexibility index (Phi) is 3.35. The van der Waals surface area contributed by atoms with Crippen LogP contribution >= 0.6 is 0 Å². The van der Waals surface area contributed by atoms with Gasteiger partial charge in [0, 0.05) is 18.9 Å². The van der Waals surface area contributed by atoms with E-state index >= 15 is 0 Å². The number of hydrogen-bond acceptors (Lipinski definition) is 4. The highest BCUT2D eigenvalue weighted by molar-refractivity contribution is 7.89. The molecule has 0 aliphatic heterocycles. The molecule has 0 spiro atoms. The molecule has 0 saturated carbocycles. The number of aromatic nitrogens is 2. The Morgan fingerprint density at radius 2 is 2.22 bits per heavy atom. The van der Waals surface area contributed by atoms with Crippen molar-refractivity contribution in [3.63, 3.8) is 0 Å². The standard InChI is InChI=1S/C11H14N4O2S/c1-15-8-13-6-10(15)7-14-9-3-2-4-11(5-9)18(12,16)17/h2-6,8,14H,7H2,1H3,(H2,12,16,17). The van der Waals surface area contributed by atoms with Crippen molar-refractivity contribution in [2.45, 2.75) is 11.4 Å². The molecular formula is C11H14N4O2S. The van der Waals surface area contributed by atoms with Gasteiger partial charge in [0.1, 0.15) is 0 Å². The first kappa shape index (κ1) is 12.6. The number of sulfonamides is 1. The predicted molar refractivity (Wildman–Crippen MR) is 68.3 cm³/mol. The van der Waals surface area contributed by atoms with Crippen LogP contribution in [0.1, 0.15) is 5.69 Å². The minimum absolute atomic E-state index is 0.0949. The summed E-state index contributed by atoms with van der Waals surface area (Å²) in [5, 5.41) is 8.19. The molecule has 0 amide bonds. The SMILES string of the molecule is Cn1cncc1CNc1cccc(S(N)(=O)=O)c1. The lowest BCUT2D eigenvalue weighted by Gasteiger charge is -2.08. The summed E-state index contributed by atoms with van der Waals surface area (Å²) in [5.74, 6) is 0. The molecule has 1 heterocycles. The summed E-state index contributed by atoms with van der Waals surface area (Å²) in [4.78, 5) is 4.09. The molecule has 0 bridgehead atoms. The van der Waals surface area contributed by atoms with Crippen LogP contribution in [0, 0.1) is 0 Å². The number of benzene rings is 1. The highest BCUT2D eigenvalue weighted by Gasteiger charge is 2.07. The average Bonchev–Trinajstić information content (AvgIpc) is 2.72. The van der Waals surface area contributed by atoms with Crippen LogP contribution in [-0.4, -0.2) is 18.0 Å². The van der Waals surface area contributed by atoms with E-state index in [-0.39, 0.29) is 4.90 Å². The van der Waals surface area contributed by atoms with Crippen molar-refractivity contribution in [2.75, 3.05) is 5.32 Å². The fraction of sp³-hybridized carbons (Fsp3) is 0.182. The van der Waals surface area contributed by atoms with E-state index in [1.54, 1.807) is 24.7 Å². The molecular weight excluding hydrogens is 252 g/mol. The Balaban J connectivity index is 2.13. The molecule has 2 rings (SSSR count). The second kappa shape index (κ2) is 4.79. The molecule has 1 aromatic carbocycles. The van der Waals surface area contributed by atoms with Gasteiger partial charge in [0.25, 0.3) is 0 Å². The molecule has 0 atom stereocenters. The van der Waals surface area contributed by atoms with Crippen LogP contribution in [0.25, 0.3) is 0 Å². The fourth-order valence-electron chi connectivity index (χ4n) is 1.53. The van der Waals surface area contributed by atoms with E-state index < -0.39 is 10.0 Å². The second-order valence-electron chi connectivity index (χ2n) is 3.92. The van der Waals surface area contributed by atoms with Crippen LogP contribution in [0.4, 0.5) is 5.69 Å². The summed E-state index contributed by atoms with van der Waals surface area (Å²) in [6, 6.07) is 6.40. The fourth-order valence-corrected chi connectivity index (χ4v) is 2.09. The zero-order valence-corrected chi connectivity index (χ0v) is 10.7. The third kappa shape index (κ3) is 2.88. The summed E-state index contributed by atoms with van der Waals surface area (Å²) in [6.07, 6.45) is 3.45. The number of nitrogens with zero attached hydrogens (tertiary/aromatic N) is 2. The van der Waals surface area contributed by atoms with Gasteiger partial charge < -0.3 is 9.88 Å². The van der Waals surface area contributed by atoms with Gasteiger partial charge in [0.05, 0.1) is 23.5 Å². The van der Waals surface area contributed by atoms with Crippen molar-refractivity contribution < 1.29 is 8.42 Å². The number of primary sulfonamides is 1. The van der Waals surface area contributed by atoms with Gasteiger partial charge in [-0.1, -0.05) is 6.07 Å². The third-order valence-corrected chi connectivity index (χ3v) is 3.46. The highest BCUT2D eigenvalue weighted by atomic mass is 32.2. The first-order valence-electron chi connectivity index (χ1n) is 5.29. The van der Waals surface area contributed by atoms with Gasteiger partial charge in [-0.05, 0) is 18.2 Å². The lowest BCUT2D eigenvalue weighted by atomic mass is 10.3. The van der Waals surface area contributed by atoms with Crippen LogP contribution in [0.5, 0.6) is 0 Å². The minimum atomic E-state index is -3.66. The van der Waals surface area contributed by atoms with Crippen molar-refractivity contribution in [3.05, 3.63) is 42.5 Å². The van der Waals surface area contributed by atoms with Crippen molar-refractivity contribution in [1.29, 1.82) is 0 Å². The molecule has 7 heteroatoms. The van der Waals surface area contributed by atoms with Gasteiger partial charge in [0.2, 0.25) is 10.0 Å². The number of nitrogens with one attached hydrogen (secondary N) is 1. The largest absolute Gasteiger partial charge is 0.379 e. The molecule has 96 valence electrons. The monoisotopic (exact) mass is 266 g/mol. The number of nitrogens with two attached hydrogens (primary N) is 1. The number of hydrogen-bond donors (Lipinski definition) is 2. The van der Waals surface area contributed by atoms with Crippen LogP contribution < -0.4 is 10.5 Å². The first-order chi connectivity index (χ1) is 8.47. The Hall–Kier alpha value is -1.86. The Morgan fingerprint density at radius 1 is 1.44 bits per heavy atom. The normalized spacial score (nSPS) is 11.4. The minimum Gasteiger partial charge on any atom is -0.379 e. The van der Waals surface area contributed by atoms with E-state index in [1.165, 1.54) is 12.1 Å². The van der Waals surface area contributed by atoms with Crippen LogP contribution in [-0.2, 0) is 23.6 Å². The van der Waals surface area contributed by atoms with E-state index in [9.17, 15) is 8.42 Å². The zero-order valence-electron chi connectivity index (χ0n) is 9.87. The Labute approximate surface area is 106 Å². The van der Waals surface area contributed by atoms with Crippen molar-refractivity contribution in [2.24, 2.45) is 12.2 Å². The van der Waals surface area contributed by atoms with E-state index in [1.807, 2.05) is 11.6 Å². The number of imidazole rings is 1. The maximum Gasteiger partial charge on any atom is 0.238 e. The lowest BCUT2D eigenvalue weighted by molar-refractivity contribution is 0.598. The number of rotatable bonds is 4. The summed E-state index contributed by atoms with van der Waals surface area (Å²) in [7, 11) is -1.77. The molecule has 0 fully saturated rings. The molecule has 0 aliphatic rings. The molecule has 1 aromatic heterocycles. The average molecular weight is 266 g/mol. The molecule has 0 unspecified atom stereocenters. The number of aryl methyl sites for hydroxylation is 1. The molecule has 2 aromatic rings. The molecule has 0 saturated heterocycles. The smallest absolute Gasteiger partial charge is 0.238 e. The molecule has 18 heavy (non-hydrogen) atoms. The van der Waals surface area contributed by atoms with Crippen LogP contribution in [0.3, 0.4) is 0 Å².